The lowest BCUT2D eigenvalue weighted by Crippen LogP contribution is -2.24. The van der Waals surface area contributed by atoms with Crippen LogP contribution >= 0.6 is 11.3 Å². The van der Waals surface area contributed by atoms with Crippen LogP contribution in [0.4, 0.5) is 0 Å². The van der Waals surface area contributed by atoms with E-state index in [0.717, 1.165) is 31.4 Å². The van der Waals surface area contributed by atoms with E-state index in [4.69, 9.17) is 0 Å². The Labute approximate surface area is 119 Å². The Balaban J connectivity index is 1.84. The van der Waals surface area contributed by atoms with Crippen molar-refractivity contribution in [2.24, 2.45) is 0 Å². The van der Waals surface area contributed by atoms with Gasteiger partial charge in [0.05, 0.1) is 0 Å². The van der Waals surface area contributed by atoms with E-state index >= 15 is 0 Å². The summed E-state index contributed by atoms with van der Waals surface area (Å²) in [7, 11) is -3.30. The fraction of sp³-hybridized carbons (Fsp3) is 0.692. The highest BCUT2D eigenvalue weighted by Gasteiger charge is 2.21. The average Bonchev–Trinajstić information content (AvgIpc) is 3.08. The van der Waals surface area contributed by atoms with Gasteiger partial charge in [-0.2, -0.15) is 0 Å². The molecule has 1 aliphatic rings. The third kappa shape index (κ3) is 4.87. The van der Waals surface area contributed by atoms with Crippen LogP contribution in [-0.4, -0.2) is 21.0 Å². The lowest BCUT2D eigenvalue weighted by atomic mass is 10.3. The van der Waals surface area contributed by atoms with E-state index in [1.54, 1.807) is 6.07 Å². The minimum Gasteiger partial charge on any atom is -0.310 e. The maximum atomic E-state index is 12.0. The lowest BCUT2D eigenvalue weighted by Gasteiger charge is -2.03. The Kier molecular flexibility index (Phi) is 5.38. The van der Waals surface area contributed by atoms with Crippen LogP contribution in [0.15, 0.2) is 15.7 Å². The second-order valence-corrected chi connectivity index (χ2v) is 7.94. The van der Waals surface area contributed by atoms with E-state index in [1.807, 2.05) is 5.38 Å². The van der Waals surface area contributed by atoms with E-state index in [-0.39, 0.29) is 0 Å². The smallest absolute Gasteiger partial charge is 0.250 e. The zero-order valence-corrected chi connectivity index (χ0v) is 12.9. The number of sulfonamides is 1. The molecule has 1 saturated carbocycles. The van der Waals surface area contributed by atoms with E-state index in [9.17, 15) is 8.42 Å². The summed E-state index contributed by atoms with van der Waals surface area (Å²) in [6.07, 6.45) is 5.54. The molecular weight excluding hydrogens is 280 g/mol. The molecule has 0 aromatic carbocycles. The van der Waals surface area contributed by atoms with Crippen LogP contribution in [0.25, 0.3) is 0 Å². The molecular formula is C13H22N2O2S2. The Bertz CT molecular complexity index is 492. The summed E-state index contributed by atoms with van der Waals surface area (Å²) in [4.78, 5) is 0. The number of hydrogen-bond acceptors (Lipinski definition) is 4. The van der Waals surface area contributed by atoms with E-state index in [1.165, 1.54) is 24.2 Å². The van der Waals surface area contributed by atoms with Crippen molar-refractivity contribution in [3.63, 3.8) is 0 Å². The van der Waals surface area contributed by atoms with Gasteiger partial charge in [-0.3, -0.25) is 0 Å². The van der Waals surface area contributed by atoms with Gasteiger partial charge in [0, 0.05) is 19.1 Å². The van der Waals surface area contributed by atoms with Crippen molar-refractivity contribution < 1.29 is 8.42 Å². The summed E-state index contributed by atoms with van der Waals surface area (Å²) < 4.78 is 27.2. The summed E-state index contributed by atoms with van der Waals surface area (Å²) >= 11 is 1.30. The standard InChI is InChI=1S/C13H22N2O2S2/c1-2-3-4-7-15-19(16,17)13-8-11(10-18-13)9-14-12-5-6-12/h8,10,12,14-15H,2-7,9H2,1H3. The van der Waals surface area contributed by atoms with Crippen LogP contribution in [0.1, 0.15) is 44.6 Å². The van der Waals surface area contributed by atoms with Gasteiger partial charge in [-0.1, -0.05) is 19.8 Å². The van der Waals surface area contributed by atoms with Crippen molar-refractivity contribution in [2.75, 3.05) is 6.54 Å². The zero-order chi connectivity index (χ0) is 13.7. The molecule has 1 aromatic rings. The van der Waals surface area contributed by atoms with Gasteiger partial charge in [-0.25, -0.2) is 13.1 Å². The highest BCUT2D eigenvalue weighted by molar-refractivity contribution is 7.91. The summed E-state index contributed by atoms with van der Waals surface area (Å²) in [5.74, 6) is 0. The Hall–Kier alpha value is -0.430. The first-order valence-corrected chi connectivity index (χ1v) is 9.28. The van der Waals surface area contributed by atoms with Crippen molar-refractivity contribution in [3.8, 4) is 0 Å². The number of hydrogen-bond donors (Lipinski definition) is 2. The molecule has 108 valence electrons. The first-order chi connectivity index (χ1) is 9.12. The van der Waals surface area contributed by atoms with Gasteiger partial charge >= 0.3 is 0 Å². The molecule has 1 aliphatic carbocycles. The van der Waals surface area contributed by atoms with Crippen LogP contribution in [0.2, 0.25) is 0 Å². The Morgan fingerprint density at radius 1 is 1.37 bits per heavy atom. The van der Waals surface area contributed by atoms with Crippen molar-refractivity contribution in [1.29, 1.82) is 0 Å². The Morgan fingerprint density at radius 2 is 2.16 bits per heavy atom. The van der Waals surface area contributed by atoms with Gasteiger partial charge in [0.15, 0.2) is 0 Å². The van der Waals surface area contributed by atoms with Crippen LogP contribution in [0.3, 0.4) is 0 Å². The van der Waals surface area contributed by atoms with Gasteiger partial charge < -0.3 is 5.32 Å². The summed E-state index contributed by atoms with van der Waals surface area (Å²) in [6.45, 7) is 3.41. The predicted molar refractivity (Wildman–Crippen MR) is 78.9 cm³/mol. The molecule has 19 heavy (non-hydrogen) atoms. The molecule has 0 atom stereocenters. The summed E-state index contributed by atoms with van der Waals surface area (Å²) in [5, 5.41) is 5.32. The van der Waals surface area contributed by atoms with Crippen LogP contribution in [0, 0.1) is 0 Å². The zero-order valence-electron chi connectivity index (χ0n) is 11.3. The predicted octanol–water partition coefficient (Wildman–Crippen LogP) is 2.47. The highest BCUT2D eigenvalue weighted by Crippen LogP contribution is 2.23. The molecule has 0 spiro atoms. The fourth-order valence-corrected chi connectivity index (χ4v) is 4.12. The molecule has 0 radical (unpaired) electrons. The molecule has 1 fully saturated rings. The molecule has 0 aliphatic heterocycles. The van der Waals surface area contributed by atoms with Gasteiger partial charge in [0.2, 0.25) is 10.0 Å². The second kappa shape index (κ2) is 6.83. The van der Waals surface area contributed by atoms with Crippen LogP contribution in [-0.2, 0) is 16.6 Å². The topological polar surface area (TPSA) is 58.2 Å². The quantitative estimate of drug-likeness (QED) is 0.689. The number of thiophene rings is 1. The molecule has 2 rings (SSSR count). The molecule has 6 heteroatoms. The third-order valence-electron chi connectivity index (χ3n) is 3.14. The highest BCUT2D eigenvalue weighted by atomic mass is 32.2. The van der Waals surface area contributed by atoms with Crippen molar-refractivity contribution in [3.05, 3.63) is 17.0 Å². The second-order valence-electron chi connectivity index (χ2n) is 5.03. The molecule has 1 heterocycles. The van der Waals surface area contributed by atoms with Crippen LogP contribution in [0.5, 0.6) is 0 Å². The SMILES string of the molecule is CCCCCNS(=O)(=O)c1cc(CNC2CC2)cs1. The van der Waals surface area contributed by atoms with E-state index in [0.29, 0.717) is 16.8 Å². The van der Waals surface area contributed by atoms with Gasteiger partial charge in [-0.15, -0.1) is 11.3 Å². The monoisotopic (exact) mass is 302 g/mol. The van der Waals surface area contributed by atoms with Crippen LogP contribution < -0.4 is 10.0 Å². The molecule has 0 bridgehead atoms. The minimum atomic E-state index is -3.30. The molecule has 2 N–H and O–H groups in total. The average molecular weight is 302 g/mol. The molecule has 4 nitrogen and oxygen atoms in total. The first kappa shape index (κ1) is 15.0. The normalized spacial score (nSPS) is 15.8. The lowest BCUT2D eigenvalue weighted by molar-refractivity contribution is 0.578. The largest absolute Gasteiger partial charge is 0.310 e. The fourth-order valence-electron chi connectivity index (χ4n) is 1.79. The minimum absolute atomic E-state index is 0.427. The van der Waals surface area contributed by atoms with Crippen molar-refractivity contribution >= 4 is 21.4 Å². The number of unbranched alkanes of at least 4 members (excludes halogenated alkanes) is 2. The summed E-state index contributed by atoms with van der Waals surface area (Å²) in [5.41, 5.74) is 1.06. The van der Waals surface area contributed by atoms with Crippen molar-refractivity contribution in [1.82, 2.24) is 10.0 Å². The molecule has 1 aromatic heterocycles. The van der Waals surface area contributed by atoms with Gasteiger partial charge in [0.25, 0.3) is 0 Å². The number of nitrogens with one attached hydrogen (secondary N) is 2. The van der Waals surface area contributed by atoms with Crippen molar-refractivity contribution in [2.45, 2.75) is 55.8 Å². The van der Waals surface area contributed by atoms with E-state index < -0.39 is 10.0 Å². The Morgan fingerprint density at radius 3 is 2.84 bits per heavy atom. The maximum absolute atomic E-state index is 12.0. The first-order valence-electron chi connectivity index (χ1n) is 6.92. The molecule has 0 unspecified atom stereocenters. The molecule has 0 saturated heterocycles. The van der Waals surface area contributed by atoms with Gasteiger partial charge in [-0.05, 0) is 36.3 Å². The maximum Gasteiger partial charge on any atom is 0.250 e. The van der Waals surface area contributed by atoms with E-state index in [2.05, 4.69) is 17.0 Å². The summed E-state index contributed by atoms with van der Waals surface area (Å²) in [6, 6.07) is 2.43. The number of rotatable bonds is 9. The molecule has 0 amide bonds. The third-order valence-corrected chi connectivity index (χ3v) is 6.09. The van der Waals surface area contributed by atoms with Gasteiger partial charge in [0.1, 0.15) is 4.21 Å².